The molecule has 106 valence electrons. The maximum atomic E-state index is 6.14. The van der Waals surface area contributed by atoms with E-state index in [0.29, 0.717) is 6.04 Å². The number of nitrogens with one attached hydrogen (secondary N) is 1. The van der Waals surface area contributed by atoms with Gasteiger partial charge in [-0.3, -0.25) is 0 Å². The quantitative estimate of drug-likeness (QED) is 0.910. The van der Waals surface area contributed by atoms with Gasteiger partial charge in [-0.15, -0.1) is 0 Å². The van der Waals surface area contributed by atoms with Crippen molar-refractivity contribution < 1.29 is 4.74 Å². The second-order valence-electron chi connectivity index (χ2n) is 6.12. The lowest BCUT2D eigenvalue weighted by molar-refractivity contribution is -0.109. The average molecular weight is 263 g/mol. The lowest BCUT2D eigenvalue weighted by Crippen LogP contribution is -2.48. The van der Waals surface area contributed by atoms with E-state index in [1.54, 1.807) is 0 Å². The highest BCUT2D eigenvalue weighted by molar-refractivity contribution is 4.95. The third kappa shape index (κ3) is 3.00. The maximum Gasteiger partial charge on any atom is 0.122 e. The summed E-state index contributed by atoms with van der Waals surface area (Å²) in [5, 5.41) is 3.67. The molecule has 1 aromatic heterocycles. The van der Waals surface area contributed by atoms with E-state index in [0.717, 1.165) is 25.4 Å². The Balaban J connectivity index is 1.55. The Morgan fingerprint density at radius 2 is 2.26 bits per heavy atom. The van der Waals surface area contributed by atoms with Crippen molar-refractivity contribution in [1.29, 1.82) is 0 Å². The molecule has 2 fully saturated rings. The van der Waals surface area contributed by atoms with Crippen LogP contribution in [0.15, 0.2) is 12.4 Å². The van der Waals surface area contributed by atoms with Crippen molar-refractivity contribution in [2.45, 2.75) is 63.1 Å². The van der Waals surface area contributed by atoms with Crippen LogP contribution in [0.25, 0.3) is 0 Å². The Bertz CT molecular complexity index is 404. The third-order valence-electron chi connectivity index (χ3n) is 4.73. The summed E-state index contributed by atoms with van der Waals surface area (Å²) in [5.74, 6) is 1.11. The normalized spacial score (nSPS) is 26.7. The molecule has 0 aromatic carbocycles. The Morgan fingerprint density at radius 3 is 3.00 bits per heavy atom. The van der Waals surface area contributed by atoms with Crippen LogP contribution in [-0.4, -0.2) is 27.8 Å². The first-order valence-electron chi connectivity index (χ1n) is 7.61. The molecule has 19 heavy (non-hydrogen) atoms. The standard InChI is InChI=1S/C15H25N3O/c1-18-9-8-16-14(18)12-17-13-5-10-19-15(11-13)6-3-2-4-7-15/h8-9,13,17H,2-7,10-12H2,1H3. The average Bonchev–Trinajstić information content (AvgIpc) is 2.83. The van der Waals surface area contributed by atoms with E-state index in [9.17, 15) is 0 Å². The van der Waals surface area contributed by atoms with Gasteiger partial charge in [0.15, 0.2) is 0 Å². The van der Waals surface area contributed by atoms with E-state index in [1.165, 1.54) is 38.5 Å². The lowest BCUT2D eigenvalue weighted by atomic mass is 9.78. The molecule has 3 rings (SSSR count). The van der Waals surface area contributed by atoms with Gasteiger partial charge in [0.05, 0.1) is 12.1 Å². The summed E-state index contributed by atoms with van der Waals surface area (Å²) < 4.78 is 8.22. The number of ether oxygens (including phenoxy) is 1. The first-order chi connectivity index (χ1) is 9.27. The minimum absolute atomic E-state index is 0.190. The predicted octanol–water partition coefficient (Wildman–Crippen LogP) is 2.39. The zero-order valence-corrected chi connectivity index (χ0v) is 11.9. The van der Waals surface area contributed by atoms with Gasteiger partial charge in [-0.1, -0.05) is 19.3 Å². The van der Waals surface area contributed by atoms with Gasteiger partial charge >= 0.3 is 0 Å². The summed E-state index contributed by atoms with van der Waals surface area (Å²) in [6.07, 6.45) is 12.8. The molecule has 4 nitrogen and oxygen atoms in total. The van der Waals surface area contributed by atoms with E-state index >= 15 is 0 Å². The summed E-state index contributed by atoms with van der Waals surface area (Å²) in [6.45, 7) is 1.78. The zero-order valence-electron chi connectivity index (χ0n) is 11.9. The molecule has 0 radical (unpaired) electrons. The minimum atomic E-state index is 0.190. The van der Waals surface area contributed by atoms with Crippen molar-refractivity contribution in [3.8, 4) is 0 Å². The number of rotatable bonds is 3. The van der Waals surface area contributed by atoms with Gasteiger partial charge in [0.2, 0.25) is 0 Å². The van der Waals surface area contributed by atoms with Crippen molar-refractivity contribution in [2.24, 2.45) is 7.05 Å². The van der Waals surface area contributed by atoms with E-state index in [-0.39, 0.29) is 5.60 Å². The van der Waals surface area contributed by atoms with E-state index in [2.05, 4.69) is 21.9 Å². The van der Waals surface area contributed by atoms with Crippen molar-refractivity contribution in [3.63, 3.8) is 0 Å². The zero-order chi connectivity index (χ0) is 13.1. The molecule has 4 heteroatoms. The van der Waals surface area contributed by atoms with E-state index in [4.69, 9.17) is 4.74 Å². The number of hydrogen-bond acceptors (Lipinski definition) is 3. The Hall–Kier alpha value is -0.870. The second-order valence-corrected chi connectivity index (χ2v) is 6.12. The molecule has 1 N–H and O–H groups in total. The highest BCUT2D eigenvalue weighted by Crippen LogP contribution is 2.38. The van der Waals surface area contributed by atoms with Gasteiger partial charge in [-0.25, -0.2) is 4.98 Å². The minimum Gasteiger partial charge on any atom is -0.375 e. The summed E-state index contributed by atoms with van der Waals surface area (Å²) in [6, 6.07) is 0.587. The molecule has 2 aliphatic rings. The SMILES string of the molecule is Cn1ccnc1CNC1CCOC2(CCCCC2)C1. The highest BCUT2D eigenvalue weighted by Gasteiger charge is 2.38. The molecular formula is C15H25N3O. The Kier molecular flexibility index (Phi) is 3.89. The van der Waals surface area contributed by atoms with Gasteiger partial charge in [-0.2, -0.15) is 0 Å². The van der Waals surface area contributed by atoms with Crippen LogP contribution in [0.3, 0.4) is 0 Å². The van der Waals surface area contributed by atoms with Crippen LogP contribution in [-0.2, 0) is 18.3 Å². The molecule has 1 saturated carbocycles. The summed E-state index contributed by atoms with van der Waals surface area (Å²) in [5.41, 5.74) is 0.190. The van der Waals surface area contributed by atoms with Crippen molar-refractivity contribution in [3.05, 3.63) is 18.2 Å². The van der Waals surface area contributed by atoms with Gasteiger partial charge in [0.1, 0.15) is 5.82 Å². The topological polar surface area (TPSA) is 39.1 Å². The monoisotopic (exact) mass is 263 g/mol. The summed E-state index contributed by atoms with van der Waals surface area (Å²) >= 11 is 0. The number of aryl methyl sites for hydroxylation is 1. The molecule has 1 saturated heterocycles. The Labute approximate surface area is 115 Å². The molecule has 2 heterocycles. The molecule has 1 aliphatic heterocycles. The number of imidazole rings is 1. The van der Waals surface area contributed by atoms with Crippen LogP contribution in [0.5, 0.6) is 0 Å². The van der Waals surface area contributed by atoms with Crippen molar-refractivity contribution >= 4 is 0 Å². The lowest BCUT2D eigenvalue weighted by Gasteiger charge is -2.43. The smallest absolute Gasteiger partial charge is 0.122 e. The fourth-order valence-electron chi connectivity index (χ4n) is 3.55. The van der Waals surface area contributed by atoms with Crippen LogP contribution >= 0.6 is 0 Å². The predicted molar refractivity (Wildman–Crippen MR) is 74.8 cm³/mol. The maximum absolute atomic E-state index is 6.14. The second kappa shape index (κ2) is 5.63. The van der Waals surface area contributed by atoms with Gasteiger partial charge in [0, 0.05) is 32.1 Å². The van der Waals surface area contributed by atoms with Gasteiger partial charge in [0.25, 0.3) is 0 Å². The van der Waals surface area contributed by atoms with Crippen molar-refractivity contribution in [2.75, 3.05) is 6.61 Å². The van der Waals surface area contributed by atoms with Crippen LogP contribution in [0, 0.1) is 0 Å². The summed E-state index contributed by atoms with van der Waals surface area (Å²) in [7, 11) is 2.05. The van der Waals surface area contributed by atoms with Crippen LogP contribution in [0.2, 0.25) is 0 Å². The molecule has 1 spiro atoms. The first kappa shape index (κ1) is 13.1. The molecule has 0 bridgehead atoms. The van der Waals surface area contributed by atoms with E-state index in [1.807, 2.05) is 12.4 Å². The fourth-order valence-corrected chi connectivity index (χ4v) is 3.55. The highest BCUT2D eigenvalue weighted by atomic mass is 16.5. The molecule has 1 aliphatic carbocycles. The molecule has 0 amide bonds. The number of nitrogens with zero attached hydrogens (tertiary/aromatic N) is 2. The largest absolute Gasteiger partial charge is 0.375 e. The number of aromatic nitrogens is 2. The fraction of sp³-hybridized carbons (Fsp3) is 0.800. The molecule has 1 atom stereocenters. The van der Waals surface area contributed by atoms with Gasteiger partial charge in [-0.05, 0) is 25.7 Å². The van der Waals surface area contributed by atoms with Crippen LogP contribution in [0.4, 0.5) is 0 Å². The van der Waals surface area contributed by atoms with Crippen LogP contribution < -0.4 is 5.32 Å². The van der Waals surface area contributed by atoms with E-state index < -0.39 is 0 Å². The number of hydrogen-bond donors (Lipinski definition) is 1. The summed E-state index contributed by atoms with van der Waals surface area (Å²) in [4.78, 5) is 4.37. The molecule has 1 aromatic rings. The third-order valence-corrected chi connectivity index (χ3v) is 4.73. The van der Waals surface area contributed by atoms with Crippen molar-refractivity contribution in [1.82, 2.24) is 14.9 Å². The molecular weight excluding hydrogens is 238 g/mol. The Morgan fingerprint density at radius 1 is 1.42 bits per heavy atom. The van der Waals surface area contributed by atoms with Gasteiger partial charge < -0.3 is 14.6 Å². The molecule has 1 unspecified atom stereocenters. The van der Waals surface area contributed by atoms with Crippen LogP contribution in [0.1, 0.15) is 50.8 Å². The first-order valence-corrected chi connectivity index (χ1v) is 7.61.